The third-order valence-electron chi connectivity index (χ3n) is 4.11. The molecule has 0 N–H and O–H groups in total. The minimum absolute atomic E-state index is 0.0977. The Bertz CT molecular complexity index is 450. The Morgan fingerprint density at radius 2 is 2.11 bits per heavy atom. The molecule has 2 bridgehead atoms. The van der Waals surface area contributed by atoms with Gasteiger partial charge in [-0.15, -0.1) is 0 Å². The van der Waals surface area contributed by atoms with Gasteiger partial charge >= 0.3 is 5.97 Å². The first kappa shape index (κ1) is 11.7. The van der Waals surface area contributed by atoms with E-state index in [2.05, 4.69) is 4.90 Å². The van der Waals surface area contributed by atoms with Gasteiger partial charge in [-0.3, -0.25) is 4.90 Å². The molecule has 4 rings (SSSR count). The van der Waals surface area contributed by atoms with E-state index in [0.29, 0.717) is 11.5 Å². The van der Waals surface area contributed by atoms with Gasteiger partial charge in [0.05, 0.1) is 5.56 Å². The van der Waals surface area contributed by atoms with Gasteiger partial charge in [0.15, 0.2) is 0 Å². The Morgan fingerprint density at radius 3 is 2.72 bits per heavy atom. The SMILES string of the molecule is Cc1cccc(C(=O)O[C@@H]2CN3CCC2CC3)c1. The summed E-state index contributed by atoms with van der Waals surface area (Å²) in [6, 6.07) is 7.62. The molecule has 3 aliphatic rings. The Balaban J connectivity index is 1.68. The minimum Gasteiger partial charge on any atom is -0.457 e. The summed E-state index contributed by atoms with van der Waals surface area (Å²) >= 11 is 0. The standard InChI is InChI=1S/C15H19NO2/c1-11-3-2-4-13(9-11)15(17)18-14-10-16-7-5-12(14)6-8-16/h2-4,9,12,14H,5-8,10H2,1H3/t14-/m1/s1. The van der Waals surface area contributed by atoms with Crippen molar-refractivity contribution in [2.24, 2.45) is 5.92 Å². The topological polar surface area (TPSA) is 29.5 Å². The lowest BCUT2D eigenvalue weighted by molar-refractivity contribution is -0.0455. The highest BCUT2D eigenvalue weighted by atomic mass is 16.5. The average molecular weight is 245 g/mol. The summed E-state index contributed by atoms with van der Waals surface area (Å²) in [7, 11) is 0. The molecular formula is C15H19NO2. The summed E-state index contributed by atoms with van der Waals surface area (Å²) in [5, 5.41) is 0. The fourth-order valence-electron chi connectivity index (χ4n) is 3.02. The van der Waals surface area contributed by atoms with Gasteiger partial charge in [0, 0.05) is 6.54 Å². The number of benzene rings is 1. The van der Waals surface area contributed by atoms with Crippen LogP contribution in [0.4, 0.5) is 0 Å². The Hall–Kier alpha value is -1.35. The average Bonchev–Trinajstić information content (AvgIpc) is 2.40. The van der Waals surface area contributed by atoms with Crippen LogP contribution in [0.25, 0.3) is 0 Å². The second kappa shape index (κ2) is 4.73. The number of carbonyl (C=O) groups is 1. The molecule has 3 nitrogen and oxygen atoms in total. The van der Waals surface area contributed by atoms with Crippen LogP contribution >= 0.6 is 0 Å². The third-order valence-corrected chi connectivity index (χ3v) is 4.11. The van der Waals surface area contributed by atoms with Crippen LogP contribution in [0.15, 0.2) is 24.3 Å². The van der Waals surface area contributed by atoms with Crippen molar-refractivity contribution in [1.82, 2.24) is 4.90 Å². The maximum atomic E-state index is 12.1. The molecule has 3 saturated heterocycles. The van der Waals surface area contributed by atoms with Gasteiger partial charge in [0.1, 0.15) is 6.10 Å². The van der Waals surface area contributed by atoms with Gasteiger partial charge in [-0.2, -0.15) is 0 Å². The molecule has 18 heavy (non-hydrogen) atoms. The van der Waals surface area contributed by atoms with Crippen LogP contribution in [-0.4, -0.2) is 36.6 Å². The smallest absolute Gasteiger partial charge is 0.338 e. The minimum atomic E-state index is -0.169. The molecule has 0 aromatic heterocycles. The quantitative estimate of drug-likeness (QED) is 0.748. The molecule has 0 radical (unpaired) electrons. The van der Waals surface area contributed by atoms with E-state index in [1.807, 2.05) is 31.2 Å². The number of aryl methyl sites for hydroxylation is 1. The Kier molecular flexibility index (Phi) is 3.08. The zero-order valence-corrected chi connectivity index (χ0v) is 10.8. The lowest BCUT2D eigenvalue weighted by Crippen LogP contribution is -2.51. The van der Waals surface area contributed by atoms with E-state index in [4.69, 9.17) is 4.74 Å². The van der Waals surface area contributed by atoms with Crippen molar-refractivity contribution in [3.8, 4) is 0 Å². The number of hydrogen-bond acceptors (Lipinski definition) is 3. The highest BCUT2D eigenvalue weighted by Crippen LogP contribution is 2.30. The Morgan fingerprint density at radius 1 is 1.33 bits per heavy atom. The molecular weight excluding hydrogens is 226 g/mol. The fourth-order valence-corrected chi connectivity index (χ4v) is 3.02. The number of carbonyl (C=O) groups excluding carboxylic acids is 1. The first-order valence-electron chi connectivity index (χ1n) is 6.72. The molecule has 96 valence electrons. The summed E-state index contributed by atoms with van der Waals surface area (Å²) in [5.74, 6) is 0.404. The van der Waals surface area contributed by atoms with Crippen LogP contribution in [-0.2, 0) is 4.74 Å². The number of esters is 1. The number of nitrogens with zero attached hydrogens (tertiary/aromatic N) is 1. The molecule has 1 aromatic carbocycles. The van der Waals surface area contributed by atoms with Gasteiger partial charge in [-0.05, 0) is 50.9 Å². The highest BCUT2D eigenvalue weighted by molar-refractivity contribution is 5.89. The largest absolute Gasteiger partial charge is 0.457 e. The second-order valence-electron chi connectivity index (χ2n) is 5.45. The summed E-state index contributed by atoms with van der Waals surface area (Å²) in [6.07, 6.45) is 2.44. The van der Waals surface area contributed by atoms with E-state index in [-0.39, 0.29) is 12.1 Å². The van der Waals surface area contributed by atoms with Crippen LogP contribution in [0.5, 0.6) is 0 Å². The van der Waals surface area contributed by atoms with Crippen molar-refractivity contribution in [2.75, 3.05) is 19.6 Å². The van der Waals surface area contributed by atoms with Gasteiger partial charge in [0.25, 0.3) is 0 Å². The molecule has 0 aliphatic carbocycles. The molecule has 3 fully saturated rings. The monoisotopic (exact) mass is 245 g/mol. The number of piperidine rings is 3. The maximum absolute atomic E-state index is 12.1. The summed E-state index contributed by atoms with van der Waals surface area (Å²) in [5.41, 5.74) is 1.77. The van der Waals surface area contributed by atoms with Crippen LogP contribution in [0.2, 0.25) is 0 Å². The van der Waals surface area contributed by atoms with Crippen LogP contribution < -0.4 is 0 Å². The number of hydrogen-bond donors (Lipinski definition) is 0. The van der Waals surface area contributed by atoms with Crippen molar-refractivity contribution in [2.45, 2.75) is 25.9 Å². The van der Waals surface area contributed by atoms with Crippen LogP contribution in [0, 0.1) is 12.8 Å². The zero-order valence-electron chi connectivity index (χ0n) is 10.8. The number of ether oxygens (including phenoxy) is 1. The van der Waals surface area contributed by atoms with Crippen LogP contribution in [0.1, 0.15) is 28.8 Å². The van der Waals surface area contributed by atoms with Crippen molar-refractivity contribution in [3.05, 3.63) is 35.4 Å². The molecule has 1 aromatic rings. The van der Waals surface area contributed by atoms with Crippen molar-refractivity contribution >= 4 is 5.97 Å². The molecule has 0 spiro atoms. The maximum Gasteiger partial charge on any atom is 0.338 e. The van der Waals surface area contributed by atoms with Crippen LogP contribution in [0.3, 0.4) is 0 Å². The van der Waals surface area contributed by atoms with E-state index < -0.39 is 0 Å². The predicted octanol–water partition coefficient (Wildman–Crippen LogP) is 2.25. The van der Waals surface area contributed by atoms with E-state index in [9.17, 15) is 4.79 Å². The lowest BCUT2D eigenvalue weighted by Gasteiger charge is -2.43. The first-order valence-corrected chi connectivity index (χ1v) is 6.72. The molecule has 3 aliphatic heterocycles. The van der Waals surface area contributed by atoms with Crippen molar-refractivity contribution in [1.29, 1.82) is 0 Å². The molecule has 0 unspecified atom stereocenters. The fraction of sp³-hybridized carbons (Fsp3) is 0.533. The zero-order chi connectivity index (χ0) is 12.5. The van der Waals surface area contributed by atoms with Gasteiger partial charge in [0.2, 0.25) is 0 Å². The molecule has 3 heterocycles. The van der Waals surface area contributed by atoms with E-state index >= 15 is 0 Å². The number of rotatable bonds is 2. The summed E-state index contributed by atoms with van der Waals surface area (Å²) < 4.78 is 5.69. The molecule has 0 saturated carbocycles. The highest BCUT2D eigenvalue weighted by Gasteiger charge is 2.36. The van der Waals surface area contributed by atoms with Gasteiger partial charge < -0.3 is 4.74 Å². The predicted molar refractivity (Wildman–Crippen MR) is 69.5 cm³/mol. The number of fused-ring (bicyclic) bond motifs is 3. The van der Waals surface area contributed by atoms with E-state index in [1.165, 1.54) is 25.9 Å². The normalized spacial score (nSPS) is 30.2. The Labute approximate surface area is 108 Å². The molecule has 1 atom stereocenters. The molecule has 0 amide bonds. The lowest BCUT2D eigenvalue weighted by atomic mass is 9.86. The molecule has 3 heteroatoms. The van der Waals surface area contributed by atoms with Crippen molar-refractivity contribution in [3.63, 3.8) is 0 Å². The third kappa shape index (κ3) is 2.27. The van der Waals surface area contributed by atoms with E-state index in [1.54, 1.807) is 0 Å². The first-order chi connectivity index (χ1) is 8.72. The van der Waals surface area contributed by atoms with Crippen molar-refractivity contribution < 1.29 is 9.53 Å². The van der Waals surface area contributed by atoms with Gasteiger partial charge in [-0.1, -0.05) is 17.7 Å². The summed E-state index contributed by atoms with van der Waals surface area (Å²) in [6.45, 7) is 5.25. The van der Waals surface area contributed by atoms with Gasteiger partial charge in [-0.25, -0.2) is 4.79 Å². The second-order valence-corrected chi connectivity index (χ2v) is 5.45. The summed E-state index contributed by atoms with van der Waals surface area (Å²) in [4.78, 5) is 14.5. The van der Waals surface area contributed by atoms with E-state index in [0.717, 1.165) is 12.1 Å².